The molecule has 0 spiro atoms. The fraction of sp³-hybridized carbons (Fsp3) is 0.375. The lowest BCUT2D eigenvalue weighted by Gasteiger charge is -2.10. The van der Waals surface area contributed by atoms with Gasteiger partial charge in [-0.2, -0.15) is 0 Å². The topological polar surface area (TPSA) is 47.0 Å². The number of ether oxygens (including phenoxy) is 1. The molecule has 3 rings (SSSR count). The molecule has 1 aliphatic rings. The molecule has 104 valence electrons. The van der Waals surface area contributed by atoms with Crippen molar-refractivity contribution >= 4 is 5.82 Å². The molecular weight excluding hydrogens is 250 g/mol. The van der Waals surface area contributed by atoms with Crippen LogP contribution < -0.4 is 10.1 Å². The molecule has 20 heavy (non-hydrogen) atoms. The van der Waals surface area contributed by atoms with Gasteiger partial charge in [0, 0.05) is 12.1 Å². The van der Waals surface area contributed by atoms with Crippen molar-refractivity contribution in [3.63, 3.8) is 0 Å². The number of anilines is 1. The van der Waals surface area contributed by atoms with Gasteiger partial charge in [-0.1, -0.05) is 18.2 Å². The lowest BCUT2D eigenvalue weighted by Crippen LogP contribution is -2.13. The standard InChI is InChI=1S/C16H19N3O/c1-12-4-2-3-5-14(12)20-11-10-17-15-8-9-18-16(19-15)13-6-7-13/h2-5,8-9,13H,6-7,10-11H2,1H3,(H,17,18,19). The Morgan fingerprint density at radius 1 is 1.25 bits per heavy atom. The van der Waals surface area contributed by atoms with Crippen LogP contribution >= 0.6 is 0 Å². The predicted molar refractivity (Wildman–Crippen MR) is 79.2 cm³/mol. The summed E-state index contributed by atoms with van der Waals surface area (Å²) in [6.45, 7) is 3.40. The third-order valence-electron chi connectivity index (χ3n) is 3.38. The van der Waals surface area contributed by atoms with E-state index >= 15 is 0 Å². The maximum Gasteiger partial charge on any atom is 0.133 e. The minimum absolute atomic E-state index is 0.583. The first kappa shape index (κ1) is 12.9. The monoisotopic (exact) mass is 269 g/mol. The minimum Gasteiger partial charge on any atom is -0.491 e. The Labute approximate surface area is 119 Å². The van der Waals surface area contributed by atoms with Gasteiger partial charge in [-0.3, -0.25) is 0 Å². The van der Waals surface area contributed by atoms with Crippen LogP contribution in [0.25, 0.3) is 0 Å². The first-order valence-electron chi connectivity index (χ1n) is 7.08. The second-order valence-electron chi connectivity index (χ2n) is 5.12. The molecule has 1 heterocycles. The SMILES string of the molecule is Cc1ccccc1OCCNc1ccnc(C2CC2)n1. The van der Waals surface area contributed by atoms with E-state index in [4.69, 9.17) is 4.74 Å². The number of hydrogen-bond donors (Lipinski definition) is 1. The van der Waals surface area contributed by atoms with Crippen LogP contribution in [0, 0.1) is 6.92 Å². The van der Waals surface area contributed by atoms with Crippen molar-refractivity contribution in [2.45, 2.75) is 25.7 Å². The van der Waals surface area contributed by atoms with Crippen molar-refractivity contribution < 1.29 is 4.74 Å². The number of nitrogens with zero attached hydrogens (tertiary/aromatic N) is 2. The molecule has 1 fully saturated rings. The van der Waals surface area contributed by atoms with Gasteiger partial charge in [0.2, 0.25) is 0 Å². The Balaban J connectivity index is 1.48. The van der Waals surface area contributed by atoms with Gasteiger partial charge < -0.3 is 10.1 Å². The van der Waals surface area contributed by atoms with Gasteiger partial charge in [0.15, 0.2) is 0 Å². The Hall–Kier alpha value is -2.10. The number of hydrogen-bond acceptors (Lipinski definition) is 4. The molecule has 0 amide bonds. The summed E-state index contributed by atoms with van der Waals surface area (Å²) in [5.74, 6) is 3.38. The molecule has 1 aliphatic carbocycles. The van der Waals surface area contributed by atoms with Crippen molar-refractivity contribution in [2.75, 3.05) is 18.5 Å². The second-order valence-corrected chi connectivity index (χ2v) is 5.12. The molecule has 1 aromatic carbocycles. The molecule has 1 aromatic heterocycles. The van der Waals surface area contributed by atoms with E-state index < -0.39 is 0 Å². The molecule has 0 aliphatic heterocycles. The van der Waals surface area contributed by atoms with Crippen LogP contribution in [-0.2, 0) is 0 Å². The first-order chi connectivity index (χ1) is 9.83. The van der Waals surface area contributed by atoms with Gasteiger partial charge in [-0.05, 0) is 37.5 Å². The normalized spacial score (nSPS) is 14.1. The van der Waals surface area contributed by atoms with Gasteiger partial charge in [0.1, 0.15) is 24.0 Å². The highest BCUT2D eigenvalue weighted by Gasteiger charge is 2.26. The zero-order valence-corrected chi connectivity index (χ0v) is 11.7. The third-order valence-corrected chi connectivity index (χ3v) is 3.38. The molecule has 2 aromatic rings. The number of aromatic nitrogens is 2. The summed E-state index contributed by atoms with van der Waals surface area (Å²) in [5, 5.41) is 3.28. The highest BCUT2D eigenvalue weighted by Crippen LogP contribution is 2.37. The average Bonchev–Trinajstić information content (AvgIpc) is 3.30. The largest absolute Gasteiger partial charge is 0.491 e. The van der Waals surface area contributed by atoms with Crippen molar-refractivity contribution in [3.8, 4) is 5.75 Å². The molecule has 4 heteroatoms. The molecule has 1 N–H and O–H groups in total. The summed E-state index contributed by atoms with van der Waals surface area (Å²) in [6.07, 6.45) is 4.27. The number of nitrogens with one attached hydrogen (secondary N) is 1. The maximum atomic E-state index is 5.74. The van der Waals surface area contributed by atoms with E-state index in [0.29, 0.717) is 12.5 Å². The van der Waals surface area contributed by atoms with Crippen LogP contribution in [0.15, 0.2) is 36.5 Å². The molecule has 4 nitrogen and oxygen atoms in total. The molecule has 0 unspecified atom stereocenters. The summed E-state index contributed by atoms with van der Waals surface area (Å²) in [5.41, 5.74) is 1.16. The average molecular weight is 269 g/mol. The Bertz CT molecular complexity index is 581. The van der Waals surface area contributed by atoms with E-state index in [1.54, 1.807) is 0 Å². The Morgan fingerprint density at radius 3 is 2.90 bits per heavy atom. The number of aryl methyl sites for hydroxylation is 1. The molecule has 1 saturated carbocycles. The zero-order chi connectivity index (χ0) is 13.8. The van der Waals surface area contributed by atoms with Crippen molar-refractivity contribution in [2.24, 2.45) is 0 Å². The smallest absolute Gasteiger partial charge is 0.133 e. The van der Waals surface area contributed by atoms with E-state index in [1.165, 1.54) is 12.8 Å². The van der Waals surface area contributed by atoms with Gasteiger partial charge in [-0.15, -0.1) is 0 Å². The van der Waals surface area contributed by atoms with Crippen molar-refractivity contribution in [1.29, 1.82) is 0 Å². The summed E-state index contributed by atoms with van der Waals surface area (Å²) in [6, 6.07) is 9.95. The van der Waals surface area contributed by atoms with E-state index in [2.05, 4.69) is 28.3 Å². The van der Waals surface area contributed by atoms with Gasteiger partial charge in [0.25, 0.3) is 0 Å². The quantitative estimate of drug-likeness (QED) is 0.818. The van der Waals surface area contributed by atoms with E-state index in [9.17, 15) is 0 Å². The third kappa shape index (κ3) is 3.26. The summed E-state index contributed by atoms with van der Waals surface area (Å²) < 4.78 is 5.74. The minimum atomic E-state index is 0.583. The van der Waals surface area contributed by atoms with Crippen LogP contribution in [-0.4, -0.2) is 23.1 Å². The Kier molecular flexibility index (Phi) is 3.81. The number of benzene rings is 1. The van der Waals surface area contributed by atoms with Crippen LogP contribution in [0.1, 0.15) is 30.1 Å². The summed E-state index contributed by atoms with van der Waals surface area (Å²) in [7, 11) is 0. The summed E-state index contributed by atoms with van der Waals surface area (Å²) in [4.78, 5) is 8.83. The van der Waals surface area contributed by atoms with E-state index in [1.807, 2.05) is 30.5 Å². The van der Waals surface area contributed by atoms with Crippen LogP contribution in [0.5, 0.6) is 5.75 Å². The fourth-order valence-electron chi connectivity index (χ4n) is 2.07. The van der Waals surface area contributed by atoms with Crippen molar-refractivity contribution in [1.82, 2.24) is 9.97 Å². The zero-order valence-electron chi connectivity index (χ0n) is 11.7. The lowest BCUT2D eigenvalue weighted by atomic mass is 10.2. The van der Waals surface area contributed by atoms with Crippen LogP contribution in [0.4, 0.5) is 5.82 Å². The van der Waals surface area contributed by atoms with Crippen LogP contribution in [0.3, 0.4) is 0 Å². The summed E-state index contributed by atoms with van der Waals surface area (Å²) >= 11 is 0. The molecular formula is C16H19N3O. The second kappa shape index (κ2) is 5.90. The molecule has 0 bridgehead atoms. The molecule has 0 radical (unpaired) electrons. The van der Waals surface area contributed by atoms with E-state index in [0.717, 1.165) is 29.5 Å². The van der Waals surface area contributed by atoms with Gasteiger partial charge >= 0.3 is 0 Å². The fourth-order valence-corrected chi connectivity index (χ4v) is 2.07. The maximum absolute atomic E-state index is 5.74. The van der Waals surface area contributed by atoms with Gasteiger partial charge in [0.05, 0.1) is 6.54 Å². The first-order valence-corrected chi connectivity index (χ1v) is 7.08. The number of para-hydroxylation sites is 1. The highest BCUT2D eigenvalue weighted by atomic mass is 16.5. The van der Waals surface area contributed by atoms with Gasteiger partial charge in [-0.25, -0.2) is 9.97 Å². The van der Waals surface area contributed by atoms with Crippen LogP contribution in [0.2, 0.25) is 0 Å². The Morgan fingerprint density at radius 2 is 2.10 bits per heavy atom. The van der Waals surface area contributed by atoms with E-state index in [-0.39, 0.29) is 0 Å². The molecule has 0 atom stereocenters. The lowest BCUT2D eigenvalue weighted by molar-refractivity contribution is 0.330. The predicted octanol–water partition coefficient (Wildman–Crippen LogP) is 3.15. The highest BCUT2D eigenvalue weighted by molar-refractivity contribution is 5.34. The molecule has 0 saturated heterocycles. The van der Waals surface area contributed by atoms with Crippen molar-refractivity contribution in [3.05, 3.63) is 47.9 Å². The number of rotatable bonds is 6.